The molecule has 314 valence electrons. The number of benzene rings is 4. The number of imidazole rings is 2. The molecule has 0 saturated carbocycles. The Kier molecular flexibility index (Phi) is 10.1. The van der Waals surface area contributed by atoms with Crippen molar-refractivity contribution in [2.45, 2.75) is 52.4 Å². The van der Waals surface area contributed by atoms with Crippen molar-refractivity contribution in [3.05, 3.63) is 194 Å². The van der Waals surface area contributed by atoms with Crippen molar-refractivity contribution in [3.8, 4) is 57.4 Å². The van der Waals surface area contributed by atoms with Crippen LogP contribution in [-0.4, -0.2) is 29.1 Å². The Morgan fingerprint density at radius 2 is 0.859 bits per heavy atom. The van der Waals surface area contributed by atoms with E-state index in [4.69, 9.17) is 19.4 Å². The molecule has 4 aromatic carbocycles. The summed E-state index contributed by atoms with van der Waals surface area (Å²) in [6, 6.07) is 48.2. The maximum atomic E-state index is 6.45. The van der Waals surface area contributed by atoms with E-state index in [-0.39, 0.29) is 10.8 Å². The van der Waals surface area contributed by atoms with Gasteiger partial charge in [-0.25, -0.2) is 0 Å². The van der Waals surface area contributed by atoms with E-state index in [0.717, 1.165) is 45.1 Å². The number of fused-ring (bicyclic) bond motifs is 2. The first-order chi connectivity index (χ1) is 30.9. The third-order valence-electron chi connectivity index (χ3n) is 11.2. The van der Waals surface area contributed by atoms with E-state index in [1.165, 1.54) is 11.1 Å². The third-order valence-corrected chi connectivity index (χ3v) is 11.2. The Morgan fingerprint density at radius 3 is 1.27 bits per heavy atom. The molecule has 0 aliphatic heterocycles. The van der Waals surface area contributed by atoms with Gasteiger partial charge in [-0.05, 0) is 82.6 Å². The van der Waals surface area contributed by atoms with Crippen molar-refractivity contribution in [2.24, 2.45) is 0 Å². The van der Waals surface area contributed by atoms with Crippen LogP contribution in [0.4, 0.5) is 0 Å². The molecule has 0 spiro atoms. The minimum absolute atomic E-state index is 0.0103. The highest BCUT2D eigenvalue weighted by Gasteiger charge is 2.19. The number of hydrogen-bond acceptors (Lipinski definition) is 6. The SMILES string of the molecule is CC(C)(C)c1ccc(-n2[c-][n+](-c3cccc(Oc4ccnc(-c5cc(Oc6cccc(-[n+]7[c-]n(-c8ccc(C(C)(C)C)cn8)c8ccccc87)c6)ccn5)c4)c3)c3ccccc32)nc1. The Hall–Kier alpha value is -7.98. The second kappa shape index (κ2) is 16.0. The van der Waals surface area contributed by atoms with Crippen molar-refractivity contribution < 1.29 is 18.6 Å². The lowest BCUT2D eigenvalue weighted by Crippen LogP contribution is -2.29. The van der Waals surface area contributed by atoms with Gasteiger partial charge >= 0.3 is 0 Å². The molecule has 6 heterocycles. The van der Waals surface area contributed by atoms with Crippen LogP contribution in [0.15, 0.2) is 170 Å². The van der Waals surface area contributed by atoms with Crippen LogP contribution in [0.3, 0.4) is 0 Å². The van der Waals surface area contributed by atoms with Gasteiger partial charge in [0, 0.05) is 36.9 Å². The predicted octanol–water partition coefficient (Wildman–Crippen LogP) is 11.2. The molecule has 0 radical (unpaired) electrons. The monoisotopic (exact) mass is 838 g/mol. The Labute approximate surface area is 372 Å². The Morgan fingerprint density at radius 1 is 0.438 bits per heavy atom. The minimum atomic E-state index is 0.0103. The smallest absolute Gasteiger partial charge is 0.271 e. The predicted molar refractivity (Wildman–Crippen MR) is 248 cm³/mol. The van der Waals surface area contributed by atoms with Gasteiger partial charge < -0.3 is 9.47 Å². The van der Waals surface area contributed by atoms with E-state index in [2.05, 4.69) is 113 Å². The summed E-state index contributed by atoms with van der Waals surface area (Å²) in [6.45, 7) is 13.1. The van der Waals surface area contributed by atoms with Gasteiger partial charge in [-0.15, -0.1) is 0 Å². The van der Waals surface area contributed by atoms with Crippen molar-refractivity contribution in [3.63, 3.8) is 0 Å². The number of para-hydroxylation sites is 4. The second-order valence-corrected chi connectivity index (χ2v) is 17.8. The van der Waals surface area contributed by atoms with Gasteiger partial charge in [-0.1, -0.05) is 114 Å². The summed E-state index contributed by atoms with van der Waals surface area (Å²) in [5, 5.41) is 0. The largest absolute Gasteiger partial charge is 0.458 e. The van der Waals surface area contributed by atoms with E-state index in [0.29, 0.717) is 34.4 Å². The number of rotatable bonds is 9. The third kappa shape index (κ3) is 7.97. The summed E-state index contributed by atoms with van der Waals surface area (Å²) in [7, 11) is 0. The Balaban J connectivity index is 0.884. The molecule has 0 atom stereocenters. The quantitative estimate of drug-likeness (QED) is 0.106. The van der Waals surface area contributed by atoms with Gasteiger partial charge in [0.25, 0.3) is 12.7 Å². The number of ether oxygens (including phenoxy) is 2. The first-order valence-electron chi connectivity index (χ1n) is 21.3. The fraction of sp³-hybridized carbons (Fsp3) is 0.148. The van der Waals surface area contributed by atoms with Crippen LogP contribution in [0.5, 0.6) is 23.0 Å². The molecule has 0 aliphatic rings. The van der Waals surface area contributed by atoms with Crippen LogP contribution in [-0.2, 0) is 10.8 Å². The molecular weight excluding hydrogens is 793 g/mol. The molecule has 10 nitrogen and oxygen atoms in total. The van der Waals surface area contributed by atoms with E-state index in [9.17, 15) is 0 Å². The van der Waals surface area contributed by atoms with E-state index >= 15 is 0 Å². The topological polar surface area (TPSA) is 87.6 Å². The zero-order valence-electron chi connectivity index (χ0n) is 36.6. The average molecular weight is 839 g/mol. The van der Waals surface area contributed by atoms with Gasteiger partial charge in [-0.3, -0.25) is 38.2 Å². The van der Waals surface area contributed by atoms with E-state index in [1.54, 1.807) is 12.4 Å². The van der Waals surface area contributed by atoms with Gasteiger partial charge in [0.05, 0.1) is 44.8 Å². The number of pyridine rings is 4. The van der Waals surface area contributed by atoms with Gasteiger partial charge in [0.15, 0.2) is 11.6 Å². The maximum absolute atomic E-state index is 6.45. The summed E-state index contributed by atoms with van der Waals surface area (Å²) in [5.74, 6) is 4.16. The lowest BCUT2D eigenvalue weighted by Gasteiger charge is -2.18. The molecule has 0 N–H and O–H groups in total. The number of nitrogens with zero attached hydrogens (tertiary/aromatic N) is 8. The zero-order chi connectivity index (χ0) is 44.0. The van der Waals surface area contributed by atoms with Crippen molar-refractivity contribution >= 4 is 22.1 Å². The fourth-order valence-corrected chi connectivity index (χ4v) is 7.64. The molecule has 0 amide bonds. The molecule has 10 aromatic rings. The van der Waals surface area contributed by atoms with Crippen molar-refractivity contribution in [1.82, 2.24) is 29.1 Å². The lowest BCUT2D eigenvalue weighted by molar-refractivity contribution is -0.572. The van der Waals surface area contributed by atoms with Crippen LogP contribution >= 0.6 is 0 Å². The molecule has 0 bridgehead atoms. The summed E-state index contributed by atoms with van der Waals surface area (Å²) in [6.07, 6.45) is 14.4. The molecule has 64 heavy (non-hydrogen) atoms. The molecule has 0 aliphatic carbocycles. The summed E-state index contributed by atoms with van der Waals surface area (Å²) in [4.78, 5) is 18.9. The average Bonchev–Trinajstić information content (AvgIpc) is 3.89. The van der Waals surface area contributed by atoms with Crippen LogP contribution in [0.2, 0.25) is 0 Å². The normalized spacial score (nSPS) is 11.9. The number of hydrogen-bond donors (Lipinski definition) is 0. The molecule has 10 rings (SSSR count). The van der Waals surface area contributed by atoms with Crippen LogP contribution < -0.4 is 18.6 Å². The van der Waals surface area contributed by atoms with Crippen LogP contribution in [0.25, 0.3) is 56.5 Å². The first kappa shape index (κ1) is 40.1. The molecule has 0 saturated heterocycles. The van der Waals surface area contributed by atoms with Gasteiger partial charge in [0.2, 0.25) is 0 Å². The van der Waals surface area contributed by atoms with Crippen molar-refractivity contribution in [2.75, 3.05) is 0 Å². The highest BCUT2D eigenvalue weighted by molar-refractivity contribution is 5.75. The fourth-order valence-electron chi connectivity index (χ4n) is 7.64. The highest BCUT2D eigenvalue weighted by atomic mass is 16.5. The highest BCUT2D eigenvalue weighted by Crippen LogP contribution is 2.31. The minimum Gasteiger partial charge on any atom is -0.458 e. The molecular formula is C54H46N8O2. The zero-order valence-corrected chi connectivity index (χ0v) is 36.6. The molecule has 10 heteroatoms. The van der Waals surface area contributed by atoms with Gasteiger partial charge in [0.1, 0.15) is 23.0 Å². The number of aromatic nitrogens is 8. The summed E-state index contributed by atoms with van der Waals surface area (Å²) < 4.78 is 21.0. The van der Waals surface area contributed by atoms with E-state index in [1.807, 2.05) is 128 Å². The van der Waals surface area contributed by atoms with Crippen LogP contribution in [0.1, 0.15) is 52.7 Å². The van der Waals surface area contributed by atoms with Gasteiger partial charge in [-0.2, -0.15) is 0 Å². The first-order valence-corrected chi connectivity index (χ1v) is 21.3. The summed E-state index contributed by atoms with van der Waals surface area (Å²) in [5.41, 5.74) is 9.43. The lowest BCUT2D eigenvalue weighted by atomic mass is 9.88. The Bertz CT molecular complexity index is 3080. The molecule has 6 aromatic heterocycles. The maximum Gasteiger partial charge on any atom is 0.271 e. The van der Waals surface area contributed by atoms with Crippen molar-refractivity contribution in [1.29, 1.82) is 0 Å². The standard InChI is InChI=1S/C54H46N8O2/c1-53(2,3)37-21-23-51(57-33-37)61-35-59(47-17-7-9-19-49(47)61)39-13-11-15-41(29-39)63-43-25-27-55-45(31-43)46-32-44(26-28-56-46)64-42-16-12-14-40(30-42)60-36-62(50-20-10-8-18-48(50)60)52-24-22-38(34-58-52)54(4,5)6/h7-34H,1-6H3. The second-order valence-electron chi connectivity index (χ2n) is 17.8. The summed E-state index contributed by atoms with van der Waals surface area (Å²) >= 11 is 0. The van der Waals surface area contributed by atoms with Crippen LogP contribution in [0, 0.1) is 12.7 Å². The van der Waals surface area contributed by atoms with E-state index < -0.39 is 0 Å². The molecule has 0 unspecified atom stereocenters. The molecule has 0 fully saturated rings.